The van der Waals surface area contributed by atoms with Gasteiger partial charge in [-0.1, -0.05) is 60.7 Å². The van der Waals surface area contributed by atoms with Crippen LogP contribution in [0.25, 0.3) is 11.1 Å². The summed E-state index contributed by atoms with van der Waals surface area (Å²) in [5.74, 6) is -3.32. The number of sulfonamides is 1. The molecule has 0 saturated carbocycles. The molecule has 0 bridgehead atoms. The Bertz CT molecular complexity index is 1580. The SMILES string of the molecule is O=C(O)CCOc1c(F)cccc1-c1cccc(C[C@H]2[C@@H](NS(=O)(=O)CF)[C@@H](F)CCN2C(=O)OCc2ccccc2)c1F. The third-order valence-electron chi connectivity index (χ3n) is 7.08. The number of piperidine rings is 1. The van der Waals surface area contributed by atoms with Gasteiger partial charge in [0.25, 0.3) is 0 Å². The number of alkyl halides is 2. The molecule has 1 aliphatic heterocycles. The van der Waals surface area contributed by atoms with Crippen LogP contribution in [-0.4, -0.2) is 67.9 Å². The number of carboxylic acid groups (broad SMARTS) is 1. The van der Waals surface area contributed by atoms with Crippen LogP contribution in [0.15, 0.2) is 66.7 Å². The third-order valence-corrected chi connectivity index (χ3v) is 8.00. The topological polar surface area (TPSA) is 122 Å². The number of carbonyl (C=O) groups is 2. The standard InChI is InChI=1S/C30H30F4N2O7S/c31-18-44(40,41)35-28-23(32)12-14-36(30(39)43-17-19-6-2-1-3-7-19)25(28)16-20-8-4-9-21(27(20)34)22-10-5-11-24(33)29(22)42-15-13-26(37)38/h1-11,23,25,28,35H,12-18H2,(H,37,38)/t23-,25-,28-/m0/s1. The van der Waals surface area contributed by atoms with Crippen molar-refractivity contribution in [2.75, 3.05) is 19.2 Å². The molecule has 0 spiro atoms. The van der Waals surface area contributed by atoms with E-state index in [2.05, 4.69) is 0 Å². The van der Waals surface area contributed by atoms with E-state index in [1.165, 1.54) is 30.3 Å². The Hall–Kier alpha value is -4.17. The Kier molecular flexibility index (Phi) is 10.8. The number of benzene rings is 3. The molecule has 0 aliphatic carbocycles. The highest BCUT2D eigenvalue weighted by Crippen LogP contribution is 2.36. The predicted molar refractivity (Wildman–Crippen MR) is 152 cm³/mol. The Morgan fingerprint density at radius 3 is 2.41 bits per heavy atom. The first kappa shape index (κ1) is 32.7. The molecule has 14 heteroatoms. The fourth-order valence-electron chi connectivity index (χ4n) is 4.98. The Morgan fingerprint density at radius 2 is 1.70 bits per heavy atom. The number of carbonyl (C=O) groups excluding carboxylic acids is 1. The lowest BCUT2D eigenvalue weighted by molar-refractivity contribution is -0.137. The molecule has 1 fully saturated rings. The van der Waals surface area contributed by atoms with Crippen LogP contribution in [0.3, 0.4) is 0 Å². The Balaban J connectivity index is 1.68. The second kappa shape index (κ2) is 14.5. The molecule has 236 valence electrons. The number of hydrogen-bond donors (Lipinski definition) is 2. The van der Waals surface area contributed by atoms with E-state index in [0.717, 1.165) is 11.0 Å². The van der Waals surface area contributed by atoms with Crippen LogP contribution >= 0.6 is 0 Å². The molecule has 1 aliphatic rings. The second-order valence-corrected chi connectivity index (χ2v) is 11.7. The predicted octanol–water partition coefficient (Wildman–Crippen LogP) is 4.99. The van der Waals surface area contributed by atoms with E-state index in [1.54, 1.807) is 30.3 Å². The molecule has 3 aromatic rings. The van der Waals surface area contributed by atoms with Crippen molar-refractivity contribution in [2.24, 2.45) is 0 Å². The largest absolute Gasteiger partial charge is 0.489 e. The van der Waals surface area contributed by atoms with E-state index in [-0.39, 0.29) is 48.6 Å². The van der Waals surface area contributed by atoms with Crippen LogP contribution in [0.5, 0.6) is 5.75 Å². The maximum absolute atomic E-state index is 16.1. The summed E-state index contributed by atoms with van der Waals surface area (Å²) in [7, 11) is -4.60. The first-order chi connectivity index (χ1) is 21.0. The second-order valence-electron chi connectivity index (χ2n) is 10.1. The minimum Gasteiger partial charge on any atom is -0.489 e. The number of carboxylic acids is 1. The summed E-state index contributed by atoms with van der Waals surface area (Å²) in [4.78, 5) is 25.2. The number of hydrogen-bond acceptors (Lipinski definition) is 6. The highest BCUT2D eigenvalue weighted by atomic mass is 32.2. The van der Waals surface area contributed by atoms with E-state index >= 15 is 8.78 Å². The number of ether oxygens (including phenoxy) is 2. The van der Waals surface area contributed by atoms with Crippen LogP contribution in [0.2, 0.25) is 0 Å². The van der Waals surface area contributed by atoms with Gasteiger partial charge in [-0.05, 0) is 30.0 Å². The zero-order valence-electron chi connectivity index (χ0n) is 23.3. The molecule has 0 aromatic heterocycles. The van der Waals surface area contributed by atoms with E-state index in [0.29, 0.717) is 5.56 Å². The molecule has 0 radical (unpaired) electrons. The Morgan fingerprint density at radius 1 is 1.00 bits per heavy atom. The lowest BCUT2D eigenvalue weighted by atomic mass is 9.89. The minimum absolute atomic E-state index is 0.0319. The van der Waals surface area contributed by atoms with Crippen LogP contribution in [0.1, 0.15) is 24.0 Å². The summed E-state index contributed by atoms with van der Waals surface area (Å²) in [5.41, 5.74) is 0.393. The summed E-state index contributed by atoms with van der Waals surface area (Å²) in [6.45, 7) is -0.724. The molecule has 3 atom stereocenters. The highest BCUT2D eigenvalue weighted by molar-refractivity contribution is 7.89. The number of rotatable bonds is 12. The lowest BCUT2D eigenvalue weighted by Gasteiger charge is -2.42. The number of para-hydroxylation sites is 1. The molecule has 1 amide bonds. The van der Waals surface area contributed by atoms with Gasteiger partial charge >= 0.3 is 12.1 Å². The van der Waals surface area contributed by atoms with Gasteiger partial charge in [0.15, 0.2) is 11.6 Å². The maximum atomic E-state index is 16.1. The minimum atomic E-state index is -4.60. The number of likely N-dealkylation sites (tertiary alicyclic amines) is 1. The van der Waals surface area contributed by atoms with E-state index in [4.69, 9.17) is 14.6 Å². The van der Waals surface area contributed by atoms with Crippen molar-refractivity contribution in [3.63, 3.8) is 0 Å². The van der Waals surface area contributed by atoms with Crippen molar-refractivity contribution >= 4 is 22.1 Å². The molecule has 44 heavy (non-hydrogen) atoms. The molecule has 1 heterocycles. The zero-order valence-corrected chi connectivity index (χ0v) is 24.1. The van der Waals surface area contributed by atoms with Gasteiger partial charge in [-0.25, -0.2) is 35.5 Å². The maximum Gasteiger partial charge on any atom is 0.410 e. The first-order valence-electron chi connectivity index (χ1n) is 13.6. The molecular formula is C30H30F4N2O7S. The number of amides is 1. The number of nitrogens with zero attached hydrogens (tertiary/aromatic N) is 1. The lowest BCUT2D eigenvalue weighted by Crippen LogP contribution is -2.62. The van der Waals surface area contributed by atoms with E-state index in [9.17, 15) is 26.8 Å². The number of nitrogens with one attached hydrogen (secondary N) is 1. The van der Waals surface area contributed by atoms with Gasteiger partial charge in [0, 0.05) is 17.7 Å². The van der Waals surface area contributed by atoms with Gasteiger partial charge in [-0.3, -0.25) is 4.79 Å². The van der Waals surface area contributed by atoms with Crippen LogP contribution < -0.4 is 9.46 Å². The van der Waals surface area contributed by atoms with Crippen molar-refractivity contribution in [1.29, 1.82) is 0 Å². The first-order valence-corrected chi connectivity index (χ1v) is 15.2. The molecular weight excluding hydrogens is 608 g/mol. The fourth-order valence-corrected chi connectivity index (χ4v) is 5.76. The quantitative estimate of drug-likeness (QED) is 0.268. The molecule has 0 unspecified atom stereocenters. The molecule has 9 nitrogen and oxygen atoms in total. The Labute approximate surface area is 251 Å². The normalized spacial score (nSPS) is 18.5. The molecule has 1 saturated heterocycles. The zero-order chi connectivity index (χ0) is 31.9. The van der Waals surface area contributed by atoms with Gasteiger partial charge in [0.05, 0.1) is 25.1 Å². The van der Waals surface area contributed by atoms with Gasteiger partial charge < -0.3 is 19.5 Å². The molecule has 3 aromatic carbocycles. The fraction of sp³-hybridized carbons (Fsp3) is 0.333. The monoisotopic (exact) mass is 638 g/mol. The summed E-state index contributed by atoms with van der Waals surface area (Å²) < 4.78 is 96.3. The van der Waals surface area contributed by atoms with Crippen molar-refractivity contribution in [3.05, 3.63) is 89.5 Å². The van der Waals surface area contributed by atoms with Crippen LogP contribution in [-0.2, 0) is 32.6 Å². The summed E-state index contributed by atoms with van der Waals surface area (Å²) in [5, 5.41) is 8.90. The van der Waals surface area contributed by atoms with Gasteiger partial charge in [-0.2, -0.15) is 0 Å². The number of halogens is 4. The van der Waals surface area contributed by atoms with Crippen molar-refractivity contribution in [2.45, 2.75) is 44.1 Å². The average molecular weight is 639 g/mol. The van der Waals surface area contributed by atoms with Gasteiger partial charge in [0.1, 0.15) is 18.6 Å². The van der Waals surface area contributed by atoms with E-state index in [1.807, 2.05) is 4.72 Å². The van der Waals surface area contributed by atoms with Crippen molar-refractivity contribution in [1.82, 2.24) is 9.62 Å². The molecule has 4 rings (SSSR count). The average Bonchev–Trinajstić information content (AvgIpc) is 3.00. The summed E-state index contributed by atoms with van der Waals surface area (Å²) in [6.07, 6.45) is -3.91. The third kappa shape index (κ3) is 8.05. The summed E-state index contributed by atoms with van der Waals surface area (Å²) in [6, 6.07) is 11.7. The van der Waals surface area contributed by atoms with Crippen molar-refractivity contribution < 1.29 is 50.1 Å². The van der Waals surface area contributed by atoms with Crippen molar-refractivity contribution in [3.8, 4) is 16.9 Å². The highest BCUT2D eigenvalue weighted by Gasteiger charge is 2.43. The van der Waals surface area contributed by atoms with Crippen LogP contribution in [0.4, 0.5) is 22.4 Å². The van der Waals surface area contributed by atoms with Crippen LogP contribution in [0, 0.1) is 11.6 Å². The summed E-state index contributed by atoms with van der Waals surface area (Å²) >= 11 is 0. The molecule has 2 N–H and O–H groups in total. The van der Waals surface area contributed by atoms with E-state index < -0.39 is 70.8 Å². The smallest absolute Gasteiger partial charge is 0.410 e. The number of aliphatic carboxylic acids is 1. The van der Waals surface area contributed by atoms with Gasteiger partial charge in [-0.15, -0.1) is 0 Å². The van der Waals surface area contributed by atoms with Gasteiger partial charge in [0.2, 0.25) is 16.0 Å².